The molecule has 18 atom stereocenters. The van der Waals surface area contributed by atoms with Crippen LogP contribution in [0.3, 0.4) is 0 Å². The molecule has 5 fully saturated rings. The summed E-state index contributed by atoms with van der Waals surface area (Å²) in [7, 11) is 4.88. The van der Waals surface area contributed by atoms with Crippen LogP contribution >= 0.6 is 0 Å². The van der Waals surface area contributed by atoms with E-state index in [4.69, 9.17) is 47.0 Å². The highest BCUT2D eigenvalue weighted by atomic mass is 16.7. The van der Waals surface area contributed by atoms with Crippen LogP contribution in [0.5, 0.6) is 0 Å². The summed E-state index contributed by atoms with van der Waals surface area (Å²) in [4.78, 5) is 14.1. The number of furan rings is 1. The van der Waals surface area contributed by atoms with Crippen LogP contribution < -0.4 is 0 Å². The molecule has 0 amide bonds. The Labute approximate surface area is 325 Å². The van der Waals surface area contributed by atoms with Crippen LogP contribution in [0.1, 0.15) is 97.3 Å². The van der Waals surface area contributed by atoms with Crippen LogP contribution in [0, 0.1) is 24.2 Å². The van der Waals surface area contributed by atoms with Gasteiger partial charge in [-0.25, -0.2) is 0 Å². The Hall–Kier alpha value is -1.75. The van der Waals surface area contributed by atoms with Gasteiger partial charge in [0.2, 0.25) is 0 Å². The van der Waals surface area contributed by atoms with Crippen molar-refractivity contribution >= 4 is 5.78 Å². The Balaban J connectivity index is 0.949. The summed E-state index contributed by atoms with van der Waals surface area (Å²) in [6, 6.07) is 1.95. The lowest BCUT2D eigenvalue weighted by molar-refractivity contribution is -0.339. The molecule has 4 heterocycles. The molecule has 1 aromatic rings. The Bertz CT molecular complexity index is 1510. The second-order valence-corrected chi connectivity index (χ2v) is 17.4. The van der Waals surface area contributed by atoms with E-state index in [1.54, 1.807) is 34.5 Å². The van der Waals surface area contributed by atoms with Crippen LogP contribution in [0.2, 0.25) is 0 Å². The normalized spacial score (nSPS) is 47.8. The number of rotatable bonds is 10. The van der Waals surface area contributed by atoms with Crippen molar-refractivity contribution in [1.29, 1.82) is 0 Å². The molecule has 3 aliphatic heterocycles. The van der Waals surface area contributed by atoms with Gasteiger partial charge in [-0.1, -0.05) is 18.6 Å². The predicted molar refractivity (Wildman–Crippen MR) is 198 cm³/mol. The largest absolute Gasteiger partial charge is 0.469 e. The second-order valence-electron chi connectivity index (χ2n) is 17.4. The van der Waals surface area contributed by atoms with Gasteiger partial charge in [0.15, 0.2) is 18.9 Å². The van der Waals surface area contributed by atoms with E-state index in [2.05, 4.69) is 19.9 Å². The van der Waals surface area contributed by atoms with Crippen molar-refractivity contribution in [3.05, 3.63) is 35.3 Å². The first-order valence-electron chi connectivity index (χ1n) is 20.4. The van der Waals surface area contributed by atoms with E-state index in [-0.39, 0.29) is 41.3 Å². The molecule has 3 aliphatic carbocycles. The topological polar surface area (TPSA) is 154 Å². The fraction of sp³-hybridized carbons (Fsp3) is 0.833. The van der Waals surface area contributed by atoms with Gasteiger partial charge < -0.3 is 57.3 Å². The van der Waals surface area contributed by atoms with E-state index in [0.29, 0.717) is 38.5 Å². The van der Waals surface area contributed by atoms with Gasteiger partial charge in [0.1, 0.15) is 29.9 Å². The van der Waals surface area contributed by atoms with Gasteiger partial charge in [0.25, 0.3) is 0 Å². The van der Waals surface area contributed by atoms with E-state index < -0.39 is 73.1 Å². The molecule has 2 saturated carbocycles. The average molecular weight is 777 g/mol. The zero-order chi connectivity index (χ0) is 39.4. The van der Waals surface area contributed by atoms with Crippen LogP contribution in [-0.4, -0.2) is 123 Å². The van der Waals surface area contributed by atoms with Crippen molar-refractivity contribution in [1.82, 2.24) is 0 Å². The molecule has 2 N–H and O–H groups in total. The highest BCUT2D eigenvalue weighted by Crippen LogP contribution is 2.59. The molecule has 0 spiro atoms. The van der Waals surface area contributed by atoms with Gasteiger partial charge in [-0.15, -0.1) is 0 Å². The number of carbonyl (C=O) groups excluding carboxylic acids is 1. The number of ether oxygens (including phenoxy) is 9. The molecular formula is C42H64O13. The minimum Gasteiger partial charge on any atom is -0.469 e. The minimum atomic E-state index is -0.731. The number of Topliss-reactive ketones (excluding diaryl/α,β-unsaturated/α-hetero) is 1. The molecule has 6 aliphatic rings. The molecule has 7 rings (SSSR count). The molecule has 3 saturated heterocycles. The standard InChI is InChI=1S/C42H64O13/c1-21-27(13-15-49-21)41(5)14-12-28-26(40(41)45)11-10-25-16-30(29(43)20-42(25,28)6)53-34-18-32(47-8)38(23(3)51-34)55-36-19-33(48-9)39(24(4)52-36)54-35-17-31(46-7)37(44)22(2)50-35/h10,13,15,22-24,26,28-39,43-44H,11-12,14,16-20H2,1-9H3/t22-,23-,24+,26-,28+,29-,30-,31+,32+,33+,34+,35+,36+,37-,38-,39-,41-,42+/m1/s1. The molecule has 0 aromatic carbocycles. The van der Waals surface area contributed by atoms with Crippen LogP contribution in [0.15, 0.2) is 28.4 Å². The van der Waals surface area contributed by atoms with E-state index >= 15 is 0 Å². The van der Waals surface area contributed by atoms with Crippen LogP contribution in [0.4, 0.5) is 0 Å². The number of methoxy groups -OCH3 is 3. The lowest BCUT2D eigenvalue weighted by Crippen LogP contribution is -2.57. The van der Waals surface area contributed by atoms with Crippen LogP contribution in [-0.2, 0) is 52.8 Å². The summed E-state index contributed by atoms with van der Waals surface area (Å²) in [5.41, 5.74) is 1.43. The Morgan fingerprint density at radius 3 is 1.91 bits per heavy atom. The number of allylic oxidation sites excluding steroid dienone is 1. The molecule has 13 heteroatoms. The third-order valence-corrected chi connectivity index (χ3v) is 14.2. The number of aryl methyl sites for hydroxylation is 1. The fourth-order valence-electron chi connectivity index (χ4n) is 10.9. The fourth-order valence-corrected chi connectivity index (χ4v) is 10.9. The third kappa shape index (κ3) is 7.78. The number of aliphatic hydroxyl groups excluding tert-OH is 2. The van der Waals surface area contributed by atoms with Crippen LogP contribution in [0.25, 0.3) is 0 Å². The quantitative estimate of drug-likeness (QED) is 0.310. The maximum atomic E-state index is 14.1. The van der Waals surface area contributed by atoms with Gasteiger partial charge in [-0.2, -0.15) is 0 Å². The third-order valence-electron chi connectivity index (χ3n) is 14.2. The first-order valence-corrected chi connectivity index (χ1v) is 20.4. The Morgan fingerprint density at radius 1 is 0.782 bits per heavy atom. The first kappa shape index (κ1) is 41.4. The van der Waals surface area contributed by atoms with Crippen molar-refractivity contribution in [2.75, 3.05) is 21.3 Å². The zero-order valence-electron chi connectivity index (χ0n) is 34.0. The molecule has 55 heavy (non-hydrogen) atoms. The maximum absolute atomic E-state index is 14.1. The summed E-state index contributed by atoms with van der Waals surface area (Å²) in [6.07, 6.45) is 1.84. The first-order chi connectivity index (χ1) is 26.2. The van der Waals surface area contributed by atoms with Gasteiger partial charge >= 0.3 is 0 Å². The highest BCUT2D eigenvalue weighted by molar-refractivity contribution is 5.93. The van der Waals surface area contributed by atoms with Gasteiger partial charge in [0.05, 0.1) is 60.5 Å². The van der Waals surface area contributed by atoms with Gasteiger partial charge in [0, 0.05) is 52.1 Å². The molecule has 0 radical (unpaired) electrons. The van der Waals surface area contributed by atoms with E-state index in [1.807, 2.05) is 26.8 Å². The number of hydrogen-bond donors (Lipinski definition) is 2. The van der Waals surface area contributed by atoms with Crippen molar-refractivity contribution in [3.8, 4) is 0 Å². The summed E-state index contributed by atoms with van der Waals surface area (Å²) in [5.74, 6) is 1.18. The van der Waals surface area contributed by atoms with E-state index in [0.717, 1.165) is 24.2 Å². The summed E-state index contributed by atoms with van der Waals surface area (Å²) >= 11 is 0. The SMILES string of the molecule is CO[C@H]1C[C@H](O[C@@H]2[C@H](C)O[C@@H](O[C@H]3[C@@H](OC)C[C@H](O[C@@H]4CC5=CC[C@H]6C(=O)[C@@](C)(c7ccoc7C)CC[C@@H]6[C@@]5(C)C[C@H]4O)O[C@@H]3C)C[C@@H]2OC)O[C@H](C)[C@H]1O. The number of hydrogen-bond acceptors (Lipinski definition) is 13. The maximum Gasteiger partial charge on any atom is 0.161 e. The molecule has 13 nitrogen and oxygen atoms in total. The lowest BCUT2D eigenvalue weighted by Gasteiger charge is -2.55. The minimum absolute atomic E-state index is 0.0875. The van der Waals surface area contributed by atoms with Crippen molar-refractivity contribution < 1.29 is 62.1 Å². The predicted octanol–water partition coefficient (Wildman–Crippen LogP) is 4.90. The van der Waals surface area contributed by atoms with E-state index in [1.165, 1.54) is 5.57 Å². The second kappa shape index (κ2) is 16.5. The number of carbonyl (C=O) groups is 1. The Kier molecular flexibility index (Phi) is 12.4. The summed E-state index contributed by atoms with van der Waals surface area (Å²) < 4.78 is 61.1. The molecule has 0 bridgehead atoms. The number of aliphatic hydroxyl groups is 2. The van der Waals surface area contributed by atoms with Gasteiger partial charge in [-0.05, 0) is 84.1 Å². The molecule has 310 valence electrons. The molecule has 0 unspecified atom stereocenters. The zero-order valence-corrected chi connectivity index (χ0v) is 34.0. The molecule has 1 aromatic heterocycles. The highest BCUT2D eigenvalue weighted by Gasteiger charge is 2.57. The van der Waals surface area contributed by atoms with Crippen molar-refractivity contribution in [2.24, 2.45) is 17.3 Å². The number of fused-ring (bicyclic) bond motifs is 3. The lowest BCUT2D eigenvalue weighted by atomic mass is 9.49. The summed E-state index contributed by atoms with van der Waals surface area (Å²) in [6.45, 7) is 11.9. The number of ketones is 1. The molecular weight excluding hydrogens is 712 g/mol. The van der Waals surface area contributed by atoms with Crippen molar-refractivity contribution in [2.45, 2.75) is 184 Å². The monoisotopic (exact) mass is 776 g/mol. The van der Waals surface area contributed by atoms with Gasteiger partial charge in [-0.3, -0.25) is 4.79 Å². The van der Waals surface area contributed by atoms with Crippen molar-refractivity contribution in [3.63, 3.8) is 0 Å². The smallest absolute Gasteiger partial charge is 0.161 e. The Morgan fingerprint density at radius 2 is 1.35 bits per heavy atom. The summed E-state index contributed by atoms with van der Waals surface area (Å²) in [5, 5.41) is 22.0. The van der Waals surface area contributed by atoms with E-state index in [9.17, 15) is 15.0 Å². The average Bonchev–Trinajstić information content (AvgIpc) is 3.59.